The van der Waals surface area contributed by atoms with Crippen molar-refractivity contribution in [2.24, 2.45) is 4.99 Å². The van der Waals surface area contributed by atoms with E-state index in [1.54, 1.807) is 0 Å². The van der Waals surface area contributed by atoms with E-state index in [1.165, 1.54) is 16.0 Å². The number of nitrogens with zero attached hydrogens (tertiary/aromatic N) is 1. The smallest absolute Gasteiger partial charge is 0.126 e. The highest BCUT2D eigenvalue weighted by Crippen LogP contribution is 2.31. The van der Waals surface area contributed by atoms with E-state index in [0.29, 0.717) is 0 Å². The molecule has 0 spiro atoms. The Morgan fingerprint density at radius 2 is 1.91 bits per heavy atom. The SMILES string of the molecule is Cl.Clc1ccc(CSc2ccccc2C2N=CCCN2)cc1. The molecule has 1 heterocycles. The molecule has 1 unspecified atom stereocenters. The van der Waals surface area contributed by atoms with Gasteiger partial charge in [-0.05, 0) is 30.2 Å². The zero-order valence-corrected chi connectivity index (χ0v) is 14.4. The lowest BCUT2D eigenvalue weighted by Crippen LogP contribution is -2.25. The fourth-order valence-electron chi connectivity index (χ4n) is 2.29. The van der Waals surface area contributed by atoms with Crippen LogP contribution in [-0.2, 0) is 5.75 Å². The van der Waals surface area contributed by atoms with Crippen LogP contribution in [0, 0.1) is 0 Å². The second kappa shape index (κ2) is 8.59. The first-order valence-electron chi connectivity index (χ1n) is 7.04. The van der Waals surface area contributed by atoms with Crippen molar-refractivity contribution in [2.75, 3.05) is 6.54 Å². The van der Waals surface area contributed by atoms with Crippen molar-refractivity contribution in [3.8, 4) is 0 Å². The zero-order chi connectivity index (χ0) is 14.5. The summed E-state index contributed by atoms with van der Waals surface area (Å²) in [7, 11) is 0. The highest BCUT2D eigenvalue weighted by molar-refractivity contribution is 7.98. The van der Waals surface area contributed by atoms with E-state index in [-0.39, 0.29) is 18.6 Å². The van der Waals surface area contributed by atoms with Gasteiger partial charge in [0, 0.05) is 34.0 Å². The Balaban J connectivity index is 0.00000176. The molecule has 0 bridgehead atoms. The third-order valence-corrected chi connectivity index (χ3v) is 4.80. The largest absolute Gasteiger partial charge is 0.292 e. The Bertz CT molecular complexity index is 629. The van der Waals surface area contributed by atoms with Crippen LogP contribution in [0.1, 0.15) is 23.7 Å². The lowest BCUT2D eigenvalue weighted by molar-refractivity contribution is 0.540. The summed E-state index contributed by atoms with van der Waals surface area (Å²) in [5, 5.41) is 4.24. The van der Waals surface area contributed by atoms with Gasteiger partial charge >= 0.3 is 0 Å². The minimum absolute atomic E-state index is 0. The predicted molar refractivity (Wildman–Crippen MR) is 98.6 cm³/mol. The van der Waals surface area contributed by atoms with Crippen molar-refractivity contribution >= 4 is 42.0 Å². The first-order chi connectivity index (χ1) is 10.3. The molecular weight excluding hydrogens is 335 g/mol. The third kappa shape index (κ3) is 4.50. The molecule has 3 rings (SSSR count). The number of hydrogen-bond acceptors (Lipinski definition) is 3. The number of nitrogens with one attached hydrogen (secondary N) is 1. The fourth-order valence-corrected chi connectivity index (χ4v) is 3.45. The van der Waals surface area contributed by atoms with Crippen LogP contribution in [0.15, 0.2) is 58.4 Å². The standard InChI is InChI=1S/C17H17ClN2S.ClH/c18-14-8-6-13(7-9-14)12-21-16-5-2-1-4-15(16)17-19-10-3-11-20-17;/h1-2,4-10,17,20H,3,11-12H2;1H. The average molecular weight is 353 g/mol. The first kappa shape index (κ1) is 17.4. The summed E-state index contributed by atoms with van der Waals surface area (Å²) in [5.41, 5.74) is 2.53. The molecule has 2 aromatic rings. The highest BCUT2D eigenvalue weighted by Gasteiger charge is 2.15. The fraction of sp³-hybridized carbons (Fsp3) is 0.235. The molecule has 116 valence electrons. The van der Waals surface area contributed by atoms with Crippen LogP contribution in [0.4, 0.5) is 0 Å². The van der Waals surface area contributed by atoms with Crippen molar-refractivity contribution < 1.29 is 0 Å². The van der Waals surface area contributed by atoms with Gasteiger partial charge in [0.2, 0.25) is 0 Å². The number of aliphatic imine (C=N–C) groups is 1. The molecule has 0 fully saturated rings. The Morgan fingerprint density at radius 3 is 2.64 bits per heavy atom. The van der Waals surface area contributed by atoms with E-state index in [1.807, 2.05) is 30.1 Å². The van der Waals surface area contributed by atoms with Gasteiger partial charge in [-0.3, -0.25) is 10.3 Å². The molecule has 1 aliphatic heterocycles. The molecule has 0 saturated carbocycles. The van der Waals surface area contributed by atoms with Crippen LogP contribution in [-0.4, -0.2) is 12.8 Å². The summed E-state index contributed by atoms with van der Waals surface area (Å²) in [6.45, 7) is 0.990. The molecule has 0 aliphatic carbocycles. The minimum Gasteiger partial charge on any atom is -0.292 e. The quantitative estimate of drug-likeness (QED) is 0.772. The van der Waals surface area contributed by atoms with Crippen LogP contribution in [0.3, 0.4) is 0 Å². The van der Waals surface area contributed by atoms with Gasteiger partial charge in [-0.25, -0.2) is 0 Å². The average Bonchev–Trinajstić information content (AvgIpc) is 2.55. The highest BCUT2D eigenvalue weighted by atomic mass is 35.5. The molecule has 0 radical (unpaired) electrons. The van der Waals surface area contributed by atoms with E-state index >= 15 is 0 Å². The second-order valence-electron chi connectivity index (χ2n) is 4.93. The Hall–Kier alpha value is -1.00. The van der Waals surface area contributed by atoms with Crippen molar-refractivity contribution in [2.45, 2.75) is 23.2 Å². The topological polar surface area (TPSA) is 24.4 Å². The summed E-state index contributed by atoms with van der Waals surface area (Å²) in [4.78, 5) is 5.84. The van der Waals surface area contributed by atoms with Crippen LogP contribution in [0.25, 0.3) is 0 Å². The van der Waals surface area contributed by atoms with Gasteiger partial charge in [-0.2, -0.15) is 0 Å². The van der Waals surface area contributed by atoms with E-state index in [0.717, 1.165) is 23.7 Å². The van der Waals surface area contributed by atoms with Gasteiger partial charge in [0.15, 0.2) is 0 Å². The Kier molecular flexibility index (Phi) is 6.77. The lowest BCUT2D eigenvalue weighted by Gasteiger charge is -2.20. The van der Waals surface area contributed by atoms with Gasteiger partial charge in [-0.1, -0.05) is 41.9 Å². The van der Waals surface area contributed by atoms with E-state index < -0.39 is 0 Å². The third-order valence-electron chi connectivity index (χ3n) is 3.39. The van der Waals surface area contributed by atoms with Gasteiger partial charge < -0.3 is 0 Å². The maximum Gasteiger partial charge on any atom is 0.126 e. The van der Waals surface area contributed by atoms with E-state index in [2.05, 4.69) is 46.7 Å². The van der Waals surface area contributed by atoms with Gasteiger partial charge in [0.1, 0.15) is 6.17 Å². The van der Waals surface area contributed by atoms with Crippen LogP contribution >= 0.6 is 35.8 Å². The lowest BCUT2D eigenvalue weighted by atomic mass is 10.1. The molecular formula is C17H18Cl2N2S. The van der Waals surface area contributed by atoms with Gasteiger partial charge in [0.05, 0.1) is 0 Å². The normalized spacial score (nSPS) is 17.0. The van der Waals surface area contributed by atoms with Crippen molar-refractivity contribution in [1.29, 1.82) is 0 Å². The Morgan fingerprint density at radius 1 is 1.14 bits per heavy atom. The van der Waals surface area contributed by atoms with E-state index in [9.17, 15) is 0 Å². The van der Waals surface area contributed by atoms with Gasteiger partial charge in [0.25, 0.3) is 0 Å². The summed E-state index contributed by atoms with van der Waals surface area (Å²) in [6, 6.07) is 16.5. The van der Waals surface area contributed by atoms with E-state index in [4.69, 9.17) is 11.6 Å². The van der Waals surface area contributed by atoms with Gasteiger partial charge in [-0.15, -0.1) is 24.2 Å². The number of rotatable bonds is 4. The number of thioether (sulfide) groups is 1. The maximum absolute atomic E-state index is 5.92. The summed E-state index contributed by atoms with van der Waals surface area (Å²) < 4.78 is 0. The second-order valence-corrected chi connectivity index (χ2v) is 6.38. The van der Waals surface area contributed by atoms with Crippen LogP contribution in [0.2, 0.25) is 5.02 Å². The molecule has 0 saturated heterocycles. The predicted octanol–water partition coefficient (Wildman–Crippen LogP) is 5.12. The number of hydrogen-bond donors (Lipinski definition) is 1. The molecule has 1 atom stereocenters. The maximum atomic E-state index is 5.92. The summed E-state index contributed by atoms with van der Waals surface area (Å²) in [6.07, 6.45) is 3.12. The molecule has 5 heteroatoms. The molecule has 2 nitrogen and oxygen atoms in total. The summed E-state index contributed by atoms with van der Waals surface area (Å²) in [5.74, 6) is 0.935. The molecule has 1 aliphatic rings. The number of halogens is 2. The van der Waals surface area contributed by atoms with Crippen molar-refractivity contribution in [1.82, 2.24) is 5.32 Å². The molecule has 0 aromatic heterocycles. The first-order valence-corrected chi connectivity index (χ1v) is 8.40. The van der Waals surface area contributed by atoms with Crippen LogP contribution < -0.4 is 5.32 Å². The monoisotopic (exact) mass is 352 g/mol. The van der Waals surface area contributed by atoms with Crippen LogP contribution in [0.5, 0.6) is 0 Å². The molecule has 1 N–H and O–H groups in total. The Labute approximate surface area is 146 Å². The molecule has 0 amide bonds. The van der Waals surface area contributed by atoms with Crippen molar-refractivity contribution in [3.63, 3.8) is 0 Å². The zero-order valence-electron chi connectivity index (χ0n) is 12.0. The minimum atomic E-state index is 0. The molecule has 22 heavy (non-hydrogen) atoms. The molecule has 2 aromatic carbocycles. The number of benzene rings is 2. The van der Waals surface area contributed by atoms with Crippen molar-refractivity contribution in [3.05, 3.63) is 64.7 Å². The summed E-state index contributed by atoms with van der Waals surface area (Å²) >= 11 is 7.77.